The van der Waals surface area contributed by atoms with E-state index in [9.17, 15) is 13.2 Å². The first kappa shape index (κ1) is 24.0. The maximum Gasteiger partial charge on any atom is 0.243 e. The highest BCUT2D eigenvalue weighted by Gasteiger charge is 2.26. The minimum atomic E-state index is -3.41. The fraction of sp³-hybridized carbons (Fsp3) is 0.296. The Morgan fingerprint density at radius 2 is 1.50 bits per heavy atom. The van der Waals surface area contributed by atoms with E-state index in [2.05, 4.69) is 5.32 Å². The summed E-state index contributed by atoms with van der Waals surface area (Å²) in [6.45, 7) is 2.04. The van der Waals surface area contributed by atoms with Gasteiger partial charge in [0.25, 0.3) is 0 Å². The van der Waals surface area contributed by atoms with E-state index < -0.39 is 10.0 Å². The van der Waals surface area contributed by atoms with Gasteiger partial charge in [0.1, 0.15) is 12.4 Å². The number of hydrogen-bond acceptors (Lipinski definition) is 4. The van der Waals surface area contributed by atoms with E-state index in [1.807, 2.05) is 54.6 Å². The third kappa shape index (κ3) is 6.24. The molecule has 34 heavy (non-hydrogen) atoms. The number of para-hydroxylation sites is 1. The molecule has 0 unspecified atom stereocenters. The summed E-state index contributed by atoms with van der Waals surface area (Å²) in [4.78, 5) is 12.8. The summed E-state index contributed by atoms with van der Waals surface area (Å²) in [5.74, 6) is 0.758. The van der Waals surface area contributed by atoms with Crippen LogP contribution in [0.2, 0.25) is 0 Å². The Balaban J connectivity index is 1.26. The summed E-state index contributed by atoms with van der Waals surface area (Å²) in [5, 5.41) is 2.98. The molecule has 4 rings (SSSR count). The molecular weight excluding hydrogens is 448 g/mol. The zero-order valence-electron chi connectivity index (χ0n) is 19.2. The van der Waals surface area contributed by atoms with E-state index in [4.69, 9.17) is 4.74 Å². The first-order valence-electron chi connectivity index (χ1n) is 11.6. The van der Waals surface area contributed by atoms with Crippen LogP contribution in [0.25, 0.3) is 0 Å². The normalized spacial score (nSPS) is 14.1. The van der Waals surface area contributed by atoms with Gasteiger partial charge in [0.15, 0.2) is 0 Å². The largest absolute Gasteiger partial charge is 0.489 e. The second-order valence-electron chi connectivity index (χ2n) is 8.40. The first-order chi connectivity index (χ1) is 16.5. The number of hydrogen-bond donors (Lipinski definition) is 1. The van der Waals surface area contributed by atoms with Crippen molar-refractivity contribution >= 4 is 15.9 Å². The number of ether oxygens (including phenoxy) is 1. The average molecular weight is 479 g/mol. The Morgan fingerprint density at radius 1 is 0.853 bits per heavy atom. The van der Waals surface area contributed by atoms with Crippen LogP contribution in [0.3, 0.4) is 0 Å². The summed E-state index contributed by atoms with van der Waals surface area (Å²) >= 11 is 0. The van der Waals surface area contributed by atoms with Crippen molar-refractivity contribution < 1.29 is 17.9 Å². The number of aryl methyl sites for hydroxylation is 1. The Kier molecular flexibility index (Phi) is 7.98. The molecule has 1 saturated heterocycles. The van der Waals surface area contributed by atoms with Crippen LogP contribution in [0.1, 0.15) is 36.0 Å². The van der Waals surface area contributed by atoms with Crippen molar-refractivity contribution in [2.75, 3.05) is 13.1 Å². The van der Waals surface area contributed by atoms with Crippen molar-refractivity contribution in [1.82, 2.24) is 9.62 Å². The zero-order chi connectivity index (χ0) is 23.8. The molecule has 0 radical (unpaired) electrons. The molecule has 1 fully saturated rings. The van der Waals surface area contributed by atoms with Crippen molar-refractivity contribution in [2.45, 2.75) is 43.7 Å². The summed E-state index contributed by atoms with van der Waals surface area (Å²) in [5.41, 5.74) is 2.98. The van der Waals surface area contributed by atoms with Gasteiger partial charge in [0.2, 0.25) is 15.9 Å². The van der Waals surface area contributed by atoms with E-state index in [0.29, 0.717) is 44.0 Å². The molecule has 3 aromatic carbocycles. The molecule has 3 aromatic rings. The molecule has 0 saturated carbocycles. The molecule has 7 heteroatoms. The topological polar surface area (TPSA) is 75.7 Å². The lowest BCUT2D eigenvalue weighted by Gasteiger charge is -2.15. The standard InChI is InChI=1S/C27H30N2O4S/c30-27(17-14-22-12-15-26(16-13-22)34(31,32)29-18-6-7-19-29)28-20-23-8-4-5-9-24(23)21-33-25-10-2-1-3-11-25/h1-5,8-13,15-16H,6-7,14,17-21H2,(H,28,30). The minimum absolute atomic E-state index is 0.0486. The number of nitrogens with one attached hydrogen (secondary N) is 1. The highest BCUT2D eigenvalue weighted by Crippen LogP contribution is 2.21. The van der Waals surface area contributed by atoms with Gasteiger partial charge in [-0.1, -0.05) is 54.6 Å². The van der Waals surface area contributed by atoms with Crippen molar-refractivity contribution in [3.63, 3.8) is 0 Å². The van der Waals surface area contributed by atoms with Crippen LogP contribution < -0.4 is 10.1 Å². The van der Waals surface area contributed by atoms with Gasteiger partial charge in [-0.05, 0) is 60.2 Å². The molecule has 1 heterocycles. The third-order valence-electron chi connectivity index (χ3n) is 6.00. The van der Waals surface area contributed by atoms with E-state index in [1.54, 1.807) is 24.3 Å². The van der Waals surface area contributed by atoms with E-state index in [1.165, 1.54) is 4.31 Å². The molecule has 1 aliphatic heterocycles. The Labute approximate surface area is 201 Å². The summed E-state index contributed by atoms with van der Waals surface area (Å²) in [6, 6.07) is 24.4. The van der Waals surface area contributed by atoms with Gasteiger partial charge in [0, 0.05) is 26.1 Å². The van der Waals surface area contributed by atoms with Crippen molar-refractivity contribution in [3.8, 4) is 5.75 Å². The predicted octanol–water partition coefficient (Wildman–Crippen LogP) is 4.30. The molecule has 1 amide bonds. The Morgan fingerprint density at radius 3 is 2.21 bits per heavy atom. The number of benzene rings is 3. The lowest BCUT2D eigenvalue weighted by molar-refractivity contribution is -0.121. The third-order valence-corrected chi connectivity index (χ3v) is 7.91. The van der Waals surface area contributed by atoms with E-state index >= 15 is 0 Å². The molecule has 1 N–H and O–H groups in total. The quantitative estimate of drug-likeness (QED) is 0.471. The predicted molar refractivity (Wildman–Crippen MR) is 132 cm³/mol. The average Bonchev–Trinajstić information content (AvgIpc) is 3.42. The second kappa shape index (κ2) is 11.3. The zero-order valence-corrected chi connectivity index (χ0v) is 20.0. The number of carbonyl (C=O) groups is 1. The lowest BCUT2D eigenvalue weighted by atomic mass is 10.1. The number of rotatable bonds is 10. The van der Waals surface area contributed by atoms with Gasteiger partial charge in [-0.25, -0.2) is 8.42 Å². The van der Waals surface area contributed by atoms with E-state index in [-0.39, 0.29) is 5.91 Å². The van der Waals surface area contributed by atoms with Crippen LogP contribution in [0.15, 0.2) is 83.8 Å². The van der Waals surface area contributed by atoms with Gasteiger partial charge in [-0.3, -0.25) is 4.79 Å². The van der Waals surface area contributed by atoms with Crippen molar-refractivity contribution in [1.29, 1.82) is 0 Å². The van der Waals surface area contributed by atoms with E-state index in [0.717, 1.165) is 35.3 Å². The molecule has 0 aromatic heterocycles. The van der Waals surface area contributed by atoms with Gasteiger partial charge in [0.05, 0.1) is 4.90 Å². The molecule has 178 valence electrons. The fourth-order valence-electron chi connectivity index (χ4n) is 3.99. The van der Waals surface area contributed by atoms with Crippen LogP contribution in [-0.2, 0) is 34.4 Å². The summed E-state index contributed by atoms with van der Waals surface area (Å²) in [7, 11) is -3.41. The van der Waals surface area contributed by atoms with Gasteiger partial charge in [-0.2, -0.15) is 4.31 Å². The van der Waals surface area contributed by atoms with Gasteiger partial charge >= 0.3 is 0 Å². The molecular formula is C27H30N2O4S. The monoisotopic (exact) mass is 478 g/mol. The number of carbonyl (C=O) groups excluding carboxylic acids is 1. The second-order valence-corrected chi connectivity index (χ2v) is 10.3. The fourth-order valence-corrected chi connectivity index (χ4v) is 5.51. The highest BCUT2D eigenvalue weighted by atomic mass is 32.2. The Bertz CT molecular complexity index is 1190. The van der Waals surface area contributed by atoms with Crippen LogP contribution in [0, 0.1) is 0 Å². The smallest absolute Gasteiger partial charge is 0.243 e. The van der Waals surface area contributed by atoms with Gasteiger partial charge < -0.3 is 10.1 Å². The molecule has 1 aliphatic rings. The van der Waals surface area contributed by atoms with Gasteiger partial charge in [-0.15, -0.1) is 0 Å². The Hall–Kier alpha value is -3.16. The molecule has 0 spiro atoms. The number of amides is 1. The summed E-state index contributed by atoms with van der Waals surface area (Å²) in [6.07, 6.45) is 2.71. The molecule has 0 aliphatic carbocycles. The van der Waals surface area contributed by atoms with Crippen LogP contribution >= 0.6 is 0 Å². The maximum atomic E-state index is 12.6. The lowest BCUT2D eigenvalue weighted by Crippen LogP contribution is -2.27. The van der Waals surface area contributed by atoms with Crippen molar-refractivity contribution in [3.05, 3.63) is 95.6 Å². The molecule has 0 atom stereocenters. The SMILES string of the molecule is O=C(CCc1ccc(S(=O)(=O)N2CCCC2)cc1)NCc1ccccc1COc1ccccc1. The van der Waals surface area contributed by atoms with Crippen LogP contribution in [0.5, 0.6) is 5.75 Å². The molecule has 6 nitrogen and oxygen atoms in total. The first-order valence-corrected chi connectivity index (χ1v) is 13.1. The van der Waals surface area contributed by atoms with Crippen LogP contribution in [0.4, 0.5) is 0 Å². The number of nitrogens with zero attached hydrogens (tertiary/aromatic N) is 1. The minimum Gasteiger partial charge on any atom is -0.489 e. The number of sulfonamides is 1. The molecule has 0 bridgehead atoms. The summed E-state index contributed by atoms with van der Waals surface area (Å²) < 4.78 is 32.7. The maximum absolute atomic E-state index is 12.6. The van der Waals surface area contributed by atoms with Crippen molar-refractivity contribution in [2.24, 2.45) is 0 Å². The highest BCUT2D eigenvalue weighted by molar-refractivity contribution is 7.89. The van der Waals surface area contributed by atoms with Crippen LogP contribution in [-0.4, -0.2) is 31.7 Å².